The van der Waals surface area contributed by atoms with Crippen LogP contribution < -0.4 is 10.6 Å². The van der Waals surface area contributed by atoms with Gasteiger partial charge in [-0.3, -0.25) is 13.9 Å². The predicted molar refractivity (Wildman–Crippen MR) is 116 cm³/mol. The molecule has 1 aliphatic rings. The molecule has 1 fully saturated rings. The van der Waals surface area contributed by atoms with Crippen molar-refractivity contribution in [2.75, 3.05) is 44.4 Å². The first-order valence-electron chi connectivity index (χ1n) is 9.87. The second kappa shape index (κ2) is 10.6. The van der Waals surface area contributed by atoms with Crippen LogP contribution in [-0.4, -0.2) is 54.1 Å². The van der Waals surface area contributed by atoms with E-state index in [1.54, 1.807) is 6.26 Å². The monoisotopic (exact) mass is 415 g/mol. The molecule has 6 nitrogen and oxygen atoms in total. The Balaban J connectivity index is 1.44. The molecule has 3 rings (SSSR count). The molecule has 2 atom stereocenters. The van der Waals surface area contributed by atoms with Gasteiger partial charge in [0.25, 0.3) is 0 Å². The molecule has 7 heteroatoms. The molecule has 0 radical (unpaired) electrons. The first-order valence-corrected chi connectivity index (χ1v) is 11.4. The fourth-order valence-electron chi connectivity index (χ4n) is 3.23. The maximum Gasteiger partial charge on any atom is 0.238 e. The third kappa shape index (κ3) is 6.75. The Kier molecular flexibility index (Phi) is 7.94. The lowest BCUT2D eigenvalue weighted by Crippen LogP contribution is -2.35. The molecule has 1 saturated heterocycles. The van der Waals surface area contributed by atoms with E-state index < -0.39 is 10.8 Å². The molecule has 0 aromatic heterocycles. The Morgan fingerprint density at radius 3 is 2.38 bits per heavy atom. The highest BCUT2D eigenvalue weighted by Crippen LogP contribution is 2.15. The third-order valence-electron chi connectivity index (χ3n) is 5.03. The van der Waals surface area contributed by atoms with Crippen LogP contribution in [0.1, 0.15) is 24.1 Å². The van der Waals surface area contributed by atoms with E-state index in [4.69, 9.17) is 4.74 Å². The van der Waals surface area contributed by atoms with E-state index in [-0.39, 0.29) is 18.5 Å². The highest BCUT2D eigenvalue weighted by molar-refractivity contribution is 7.84. The van der Waals surface area contributed by atoms with Gasteiger partial charge >= 0.3 is 0 Å². The first-order chi connectivity index (χ1) is 14.0. The summed E-state index contributed by atoms with van der Waals surface area (Å²) in [5.74, 6) is -0.0796. The number of morpholine rings is 1. The molecule has 2 unspecified atom stereocenters. The maximum atomic E-state index is 12.3. The van der Waals surface area contributed by atoms with E-state index in [0.29, 0.717) is 0 Å². The number of nitrogens with zero attached hydrogens (tertiary/aromatic N) is 1. The molecule has 2 aromatic carbocycles. The van der Waals surface area contributed by atoms with Crippen molar-refractivity contribution >= 4 is 22.4 Å². The Morgan fingerprint density at radius 1 is 1.10 bits per heavy atom. The number of rotatable bonds is 8. The number of carbonyl (C=O) groups excluding carboxylic acids is 1. The van der Waals surface area contributed by atoms with Gasteiger partial charge in [0.15, 0.2) is 0 Å². The van der Waals surface area contributed by atoms with Crippen LogP contribution in [-0.2, 0) is 26.9 Å². The Morgan fingerprint density at radius 2 is 1.76 bits per heavy atom. The van der Waals surface area contributed by atoms with Gasteiger partial charge in [-0.15, -0.1) is 0 Å². The van der Waals surface area contributed by atoms with E-state index in [2.05, 4.69) is 27.7 Å². The van der Waals surface area contributed by atoms with Gasteiger partial charge < -0.3 is 15.4 Å². The van der Waals surface area contributed by atoms with Crippen LogP contribution in [0.4, 0.5) is 5.69 Å². The molecule has 1 amide bonds. The molecule has 0 bridgehead atoms. The normalized spacial score (nSPS) is 16.9. The fraction of sp³-hybridized carbons (Fsp3) is 0.409. The van der Waals surface area contributed by atoms with Gasteiger partial charge in [0, 0.05) is 53.3 Å². The van der Waals surface area contributed by atoms with Crippen molar-refractivity contribution in [2.24, 2.45) is 0 Å². The second-order valence-electron chi connectivity index (χ2n) is 7.26. The Hall–Kier alpha value is -2.06. The number of hydrogen-bond donors (Lipinski definition) is 2. The van der Waals surface area contributed by atoms with Crippen molar-refractivity contribution in [2.45, 2.75) is 24.4 Å². The smallest absolute Gasteiger partial charge is 0.238 e. The molecule has 29 heavy (non-hydrogen) atoms. The lowest BCUT2D eigenvalue weighted by atomic mass is 10.1. The summed E-state index contributed by atoms with van der Waals surface area (Å²) in [4.78, 5) is 15.4. The summed E-state index contributed by atoms with van der Waals surface area (Å²) in [6.45, 7) is 6.64. The highest BCUT2D eigenvalue weighted by Gasteiger charge is 2.11. The lowest BCUT2D eigenvalue weighted by molar-refractivity contribution is -0.115. The summed E-state index contributed by atoms with van der Waals surface area (Å²) in [7, 11) is -0.981. The molecule has 2 N–H and O–H groups in total. The number of anilines is 1. The third-order valence-corrected chi connectivity index (χ3v) is 5.96. The van der Waals surface area contributed by atoms with Crippen LogP contribution in [0.3, 0.4) is 0 Å². The summed E-state index contributed by atoms with van der Waals surface area (Å²) in [5, 5.41) is 6.16. The van der Waals surface area contributed by atoms with E-state index in [1.165, 1.54) is 5.56 Å². The molecule has 2 aromatic rings. The second-order valence-corrected chi connectivity index (χ2v) is 8.64. The van der Waals surface area contributed by atoms with Crippen molar-refractivity contribution < 1.29 is 13.7 Å². The largest absolute Gasteiger partial charge is 0.379 e. The Labute approximate surface area is 175 Å². The molecule has 1 heterocycles. The summed E-state index contributed by atoms with van der Waals surface area (Å²) in [5.41, 5.74) is 3.08. The number of amides is 1. The summed E-state index contributed by atoms with van der Waals surface area (Å²) in [6, 6.07) is 15.6. The topological polar surface area (TPSA) is 70.7 Å². The van der Waals surface area contributed by atoms with Crippen LogP contribution in [0.5, 0.6) is 0 Å². The van der Waals surface area contributed by atoms with E-state index in [1.807, 2.05) is 43.3 Å². The minimum atomic E-state index is -0.981. The predicted octanol–water partition coefficient (Wildman–Crippen LogP) is 2.55. The number of nitrogens with one attached hydrogen (secondary N) is 2. The van der Waals surface area contributed by atoms with Gasteiger partial charge in [0.05, 0.1) is 19.8 Å². The zero-order chi connectivity index (χ0) is 20.6. The number of benzene rings is 2. The van der Waals surface area contributed by atoms with Gasteiger partial charge in [0.2, 0.25) is 5.91 Å². The summed E-state index contributed by atoms with van der Waals surface area (Å²) in [6.07, 6.45) is 1.66. The highest BCUT2D eigenvalue weighted by atomic mass is 32.2. The van der Waals surface area contributed by atoms with Crippen molar-refractivity contribution in [1.82, 2.24) is 10.2 Å². The average Bonchev–Trinajstić information content (AvgIpc) is 2.74. The quantitative estimate of drug-likeness (QED) is 0.693. The van der Waals surface area contributed by atoms with Crippen molar-refractivity contribution in [3.05, 3.63) is 59.7 Å². The molecule has 0 saturated carbocycles. The average molecular weight is 416 g/mol. The summed E-state index contributed by atoms with van der Waals surface area (Å²) < 4.78 is 16.8. The van der Waals surface area contributed by atoms with E-state index >= 15 is 0 Å². The molecule has 1 aliphatic heterocycles. The zero-order valence-corrected chi connectivity index (χ0v) is 17.8. The standard InChI is InChI=1S/C22H29N3O3S/c1-17(19-5-9-21(10-6-19)29(2)27)23-15-22(26)24-20-7-3-18(4-8-20)16-25-11-13-28-14-12-25/h3-10,17,23H,11-16H2,1-2H3,(H,24,26). The maximum absolute atomic E-state index is 12.3. The van der Waals surface area contributed by atoms with Gasteiger partial charge in [-0.05, 0) is 42.3 Å². The van der Waals surface area contributed by atoms with Crippen LogP contribution in [0.2, 0.25) is 0 Å². The van der Waals surface area contributed by atoms with Gasteiger partial charge in [0.1, 0.15) is 0 Å². The van der Waals surface area contributed by atoms with Gasteiger partial charge in [-0.25, -0.2) is 0 Å². The molecule has 156 valence electrons. The van der Waals surface area contributed by atoms with Crippen molar-refractivity contribution in [3.63, 3.8) is 0 Å². The number of ether oxygens (including phenoxy) is 1. The van der Waals surface area contributed by atoms with Crippen molar-refractivity contribution in [3.8, 4) is 0 Å². The van der Waals surface area contributed by atoms with Crippen molar-refractivity contribution in [1.29, 1.82) is 0 Å². The number of carbonyl (C=O) groups is 1. The van der Waals surface area contributed by atoms with E-state index in [9.17, 15) is 9.00 Å². The molecule has 0 aliphatic carbocycles. The van der Waals surface area contributed by atoms with E-state index in [0.717, 1.165) is 49.0 Å². The van der Waals surface area contributed by atoms with Gasteiger partial charge in [-0.2, -0.15) is 0 Å². The summed E-state index contributed by atoms with van der Waals surface area (Å²) >= 11 is 0. The van der Waals surface area contributed by atoms with Crippen LogP contribution in [0.25, 0.3) is 0 Å². The van der Waals surface area contributed by atoms with Crippen LogP contribution >= 0.6 is 0 Å². The Bertz CT molecular complexity index is 818. The SMILES string of the molecule is CC(NCC(=O)Nc1ccc(CN2CCOCC2)cc1)c1ccc(S(C)=O)cc1. The molecule has 0 spiro atoms. The number of hydrogen-bond acceptors (Lipinski definition) is 5. The first kappa shape index (κ1) is 21.6. The van der Waals surface area contributed by atoms with Crippen LogP contribution in [0, 0.1) is 0 Å². The van der Waals surface area contributed by atoms with Gasteiger partial charge in [-0.1, -0.05) is 24.3 Å². The molecular formula is C22H29N3O3S. The van der Waals surface area contributed by atoms with Crippen LogP contribution in [0.15, 0.2) is 53.4 Å². The lowest BCUT2D eigenvalue weighted by Gasteiger charge is -2.26. The zero-order valence-electron chi connectivity index (χ0n) is 17.0. The molecular weight excluding hydrogens is 386 g/mol. The minimum absolute atomic E-state index is 0.0241. The fourth-order valence-corrected chi connectivity index (χ4v) is 3.75. The minimum Gasteiger partial charge on any atom is -0.379 e.